The lowest BCUT2D eigenvalue weighted by Gasteiger charge is -2.09. The highest BCUT2D eigenvalue weighted by molar-refractivity contribution is 5.92. The van der Waals surface area contributed by atoms with E-state index in [0.29, 0.717) is 41.6 Å². The zero-order valence-corrected chi connectivity index (χ0v) is 23.7. The lowest BCUT2D eigenvalue weighted by molar-refractivity contribution is -0.137. The van der Waals surface area contributed by atoms with Gasteiger partial charge in [-0.05, 0) is 99.7 Å². The Morgan fingerprint density at radius 2 is 1.25 bits per heavy atom. The molecule has 3 aromatic carbocycles. The summed E-state index contributed by atoms with van der Waals surface area (Å²) in [6.07, 6.45) is 4.72. The third-order valence-corrected chi connectivity index (χ3v) is 5.64. The number of rotatable bonds is 13. The molecular formula is C33H38O7. The molecule has 40 heavy (non-hydrogen) atoms. The number of aryl methyl sites for hydroxylation is 2. The molecule has 0 aromatic heterocycles. The predicted octanol–water partition coefficient (Wildman–Crippen LogP) is 7.44. The SMILES string of the molecule is C=CC(=O)OCCCCCCOc1ccc(C(=O)Oc2ccc(C(=O)Oc3ccc(C)cc3C)cc2)cc1.CC. The molecule has 0 atom stereocenters. The third-order valence-electron chi connectivity index (χ3n) is 5.64. The first kappa shape index (κ1) is 31.8. The molecule has 0 unspecified atom stereocenters. The maximum atomic E-state index is 12.5. The normalized spacial score (nSPS) is 10.0. The van der Waals surface area contributed by atoms with E-state index < -0.39 is 17.9 Å². The fourth-order valence-corrected chi connectivity index (χ4v) is 3.56. The monoisotopic (exact) mass is 546 g/mol. The zero-order chi connectivity index (χ0) is 29.3. The number of hydrogen-bond donors (Lipinski definition) is 0. The summed E-state index contributed by atoms with van der Waals surface area (Å²) in [4.78, 5) is 35.9. The lowest BCUT2D eigenvalue weighted by Crippen LogP contribution is -2.10. The van der Waals surface area contributed by atoms with Crippen molar-refractivity contribution in [1.82, 2.24) is 0 Å². The lowest BCUT2D eigenvalue weighted by atomic mass is 10.1. The van der Waals surface area contributed by atoms with Crippen LogP contribution in [-0.4, -0.2) is 31.1 Å². The van der Waals surface area contributed by atoms with E-state index in [1.165, 1.54) is 0 Å². The third kappa shape index (κ3) is 10.8. The smallest absolute Gasteiger partial charge is 0.343 e. The van der Waals surface area contributed by atoms with Crippen LogP contribution in [0.2, 0.25) is 0 Å². The van der Waals surface area contributed by atoms with Crippen LogP contribution in [0.4, 0.5) is 0 Å². The summed E-state index contributed by atoms with van der Waals surface area (Å²) in [6.45, 7) is 12.2. The van der Waals surface area contributed by atoms with E-state index in [1.54, 1.807) is 54.6 Å². The van der Waals surface area contributed by atoms with Gasteiger partial charge in [0.25, 0.3) is 0 Å². The molecular weight excluding hydrogens is 508 g/mol. The fourth-order valence-electron chi connectivity index (χ4n) is 3.56. The van der Waals surface area contributed by atoms with E-state index >= 15 is 0 Å². The van der Waals surface area contributed by atoms with Crippen LogP contribution in [0, 0.1) is 13.8 Å². The van der Waals surface area contributed by atoms with Crippen molar-refractivity contribution in [3.8, 4) is 17.2 Å². The Bertz CT molecular complexity index is 1240. The van der Waals surface area contributed by atoms with Gasteiger partial charge in [0.2, 0.25) is 0 Å². The number of carbonyl (C=O) groups excluding carboxylic acids is 3. The molecule has 212 valence electrons. The Kier molecular flexibility index (Phi) is 13.7. The van der Waals surface area contributed by atoms with Crippen molar-refractivity contribution in [2.45, 2.75) is 53.4 Å². The maximum absolute atomic E-state index is 12.5. The highest BCUT2D eigenvalue weighted by Crippen LogP contribution is 2.21. The van der Waals surface area contributed by atoms with Gasteiger partial charge >= 0.3 is 17.9 Å². The molecule has 0 aliphatic rings. The van der Waals surface area contributed by atoms with Crippen LogP contribution in [0.25, 0.3) is 0 Å². The van der Waals surface area contributed by atoms with Gasteiger partial charge in [0.15, 0.2) is 0 Å². The van der Waals surface area contributed by atoms with Crippen LogP contribution in [-0.2, 0) is 9.53 Å². The second-order valence-electron chi connectivity index (χ2n) is 8.73. The number of benzene rings is 3. The molecule has 0 fully saturated rings. The second-order valence-corrected chi connectivity index (χ2v) is 8.73. The van der Waals surface area contributed by atoms with Gasteiger partial charge in [-0.3, -0.25) is 0 Å². The van der Waals surface area contributed by atoms with E-state index in [-0.39, 0.29) is 0 Å². The van der Waals surface area contributed by atoms with Crippen molar-refractivity contribution in [1.29, 1.82) is 0 Å². The summed E-state index contributed by atoms with van der Waals surface area (Å²) < 4.78 is 21.6. The van der Waals surface area contributed by atoms with E-state index in [2.05, 4.69) is 6.58 Å². The molecule has 0 N–H and O–H groups in total. The first-order valence-corrected chi connectivity index (χ1v) is 13.5. The van der Waals surface area contributed by atoms with Crippen molar-refractivity contribution in [2.24, 2.45) is 0 Å². The Hall–Kier alpha value is -4.39. The van der Waals surface area contributed by atoms with Crippen molar-refractivity contribution in [2.75, 3.05) is 13.2 Å². The van der Waals surface area contributed by atoms with Gasteiger partial charge in [-0.25, -0.2) is 14.4 Å². The molecule has 0 spiro atoms. The van der Waals surface area contributed by atoms with Crippen LogP contribution in [0.1, 0.15) is 71.4 Å². The van der Waals surface area contributed by atoms with E-state index in [0.717, 1.165) is 42.9 Å². The number of hydrogen-bond acceptors (Lipinski definition) is 7. The molecule has 0 saturated carbocycles. The highest BCUT2D eigenvalue weighted by Gasteiger charge is 2.13. The van der Waals surface area contributed by atoms with Gasteiger partial charge in [-0.1, -0.05) is 38.1 Å². The second kappa shape index (κ2) is 17.2. The number of ether oxygens (including phenoxy) is 4. The van der Waals surface area contributed by atoms with Crippen LogP contribution in [0.5, 0.6) is 17.2 Å². The maximum Gasteiger partial charge on any atom is 0.343 e. The average Bonchev–Trinajstić information content (AvgIpc) is 2.97. The first-order valence-electron chi connectivity index (χ1n) is 13.5. The largest absolute Gasteiger partial charge is 0.494 e. The van der Waals surface area contributed by atoms with Crippen LogP contribution < -0.4 is 14.2 Å². The number of unbranched alkanes of at least 4 members (excludes halogenated alkanes) is 3. The molecule has 0 aliphatic carbocycles. The molecule has 0 amide bonds. The van der Waals surface area contributed by atoms with Crippen molar-refractivity contribution >= 4 is 17.9 Å². The predicted molar refractivity (Wildman–Crippen MR) is 155 cm³/mol. The zero-order valence-electron chi connectivity index (χ0n) is 23.7. The van der Waals surface area contributed by atoms with E-state index in [4.69, 9.17) is 18.9 Å². The fraction of sp³-hybridized carbons (Fsp3) is 0.303. The molecule has 0 aliphatic heterocycles. The minimum absolute atomic E-state index is 0.317. The topological polar surface area (TPSA) is 88.1 Å². The quantitative estimate of drug-likeness (QED) is 0.0953. The molecule has 3 aromatic rings. The molecule has 7 nitrogen and oxygen atoms in total. The minimum Gasteiger partial charge on any atom is -0.494 e. The van der Waals surface area contributed by atoms with Crippen LogP contribution in [0.3, 0.4) is 0 Å². The van der Waals surface area contributed by atoms with Crippen molar-refractivity contribution < 1.29 is 33.3 Å². The Morgan fingerprint density at radius 1 is 0.700 bits per heavy atom. The molecule has 0 saturated heterocycles. The Morgan fingerprint density at radius 3 is 1.82 bits per heavy atom. The van der Waals surface area contributed by atoms with Gasteiger partial charge in [-0.15, -0.1) is 0 Å². The molecule has 7 heteroatoms. The van der Waals surface area contributed by atoms with Crippen LogP contribution >= 0.6 is 0 Å². The summed E-state index contributed by atoms with van der Waals surface area (Å²) in [5, 5.41) is 0. The van der Waals surface area contributed by atoms with Gasteiger partial charge in [0.05, 0.1) is 24.3 Å². The number of esters is 3. The summed E-state index contributed by atoms with van der Waals surface area (Å²) in [5.74, 6) is 0.0848. The first-order chi connectivity index (χ1) is 19.4. The van der Waals surface area contributed by atoms with Gasteiger partial charge in [0.1, 0.15) is 17.2 Å². The summed E-state index contributed by atoms with van der Waals surface area (Å²) in [6, 6.07) is 18.5. The Balaban J connectivity index is 0.00000274. The van der Waals surface area contributed by atoms with Crippen molar-refractivity contribution in [3.63, 3.8) is 0 Å². The van der Waals surface area contributed by atoms with Gasteiger partial charge in [-0.2, -0.15) is 0 Å². The van der Waals surface area contributed by atoms with Gasteiger partial charge < -0.3 is 18.9 Å². The molecule has 3 rings (SSSR count). The van der Waals surface area contributed by atoms with Crippen LogP contribution in [0.15, 0.2) is 79.4 Å². The molecule has 0 heterocycles. The summed E-state index contributed by atoms with van der Waals surface area (Å²) in [7, 11) is 0. The minimum atomic E-state index is -0.515. The average molecular weight is 547 g/mol. The number of carbonyl (C=O) groups is 3. The van der Waals surface area contributed by atoms with Gasteiger partial charge in [0, 0.05) is 6.08 Å². The summed E-state index contributed by atoms with van der Waals surface area (Å²) in [5.41, 5.74) is 2.69. The van der Waals surface area contributed by atoms with Crippen molar-refractivity contribution in [3.05, 3.63) is 102 Å². The Labute approximate surface area is 236 Å². The standard InChI is InChI=1S/C31H32O7.C2H6/c1-4-29(32)36-20-8-6-5-7-19-35-26-14-10-24(11-15-26)30(33)37-27-16-12-25(13-17-27)31(34)38-28-18-9-22(2)21-23(28)3;1-2/h4,9-18,21H,1,5-8,19-20H2,2-3H3;1-2H3. The highest BCUT2D eigenvalue weighted by atomic mass is 16.5. The van der Waals surface area contributed by atoms with E-state index in [1.807, 2.05) is 39.8 Å². The molecule has 0 radical (unpaired) electrons. The van der Waals surface area contributed by atoms with E-state index in [9.17, 15) is 14.4 Å². The molecule has 0 bridgehead atoms. The summed E-state index contributed by atoms with van der Waals surface area (Å²) >= 11 is 0.